The minimum atomic E-state index is -0.0588. The van der Waals surface area contributed by atoms with Gasteiger partial charge < -0.3 is 14.0 Å². The molecule has 1 N–H and O–H groups in total. The molecule has 4 heterocycles. The third-order valence-electron chi connectivity index (χ3n) is 5.89. The SMILES string of the molecule is COc1cccc(-c2c3c(=O)n(CCCN4CCOCC4)ccc3nc3nc(C)[nH][n+]23)c1. The van der Waals surface area contributed by atoms with Crippen LogP contribution in [0.25, 0.3) is 27.9 Å². The molecule has 32 heavy (non-hydrogen) atoms. The van der Waals surface area contributed by atoms with Gasteiger partial charge in [-0.25, -0.2) is 5.10 Å². The molecule has 0 unspecified atom stereocenters. The number of H-pyrrole nitrogens is 1. The number of nitrogens with zero attached hydrogens (tertiary/aromatic N) is 5. The van der Waals surface area contributed by atoms with E-state index in [-0.39, 0.29) is 5.56 Å². The summed E-state index contributed by atoms with van der Waals surface area (Å²) in [6.45, 7) is 6.93. The molecule has 0 radical (unpaired) electrons. The molecule has 9 nitrogen and oxygen atoms in total. The molecule has 5 rings (SSSR count). The number of pyridine rings is 1. The topological polar surface area (TPSA) is 89.4 Å². The Balaban J connectivity index is 1.59. The third kappa shape index (κ3) is 3.85. The molecule has 1 aliphatic heterocycles. The van der Waals surface area contributed by atoms with E-state index in [1.165, 1.54) is 0 Å². The van der Waals surface area contributed by atoms with E-state index in [2.05, 4.69) is 20.0 Å². The zero-order chi connectivity index (χ0) is 22.1. The molecule has 0 amide bonds. The Labute approximate surface area is 185 Å². The number of aryl methyl sites for hydroxylation is 2. The van der Waals surface area contributed by atoms with Crippen molar-refractivity contribution in [3.63, 3.8) is 0 Å². The first-order valence-corrected chi connectivity index (χ1v) is 10.9. The number of aromatic amines is 1. The highest BCUT2D eigenvalue weighted by Gasteiger charge is 2.24. The molecule has 0 spiro atoms. The van der Waals surface area contributed by atoms with Gasteiger partial charge in [0.1, 0.15) is 11.1 Å². The Morgan fingerprint density at radius 1 is 1.19 bits per heavy atom. The van der Waals surface area contributed by atoms with Crippen molar-refractivity contribution in [1.29, 1.82) is 0 Å². The largest absolute Gasteiger partial charge is 0.497 e. The number of methoxy groups -OCH3 is 1. The molecular weight excluding hydrogens is 408 g/mol. The summed E-state index contributed by atoms with van der Waals surface area (Å²) in [7, 11) is 1.63. The fraction of sp³-hybridized carbons (Fsp3) is 0.391. The lowest BCUT2D eigenvalue weighted by molar-refractivity contribution is -0.567. The number of rotatable bonds is 6. The quantitative estimate of drug-likeness (QED) is 0.463. The highest BCUT2D eigenvalue weighted by atomic mass is 16.5. The second kappa shape index (κ2) is 8.68. The Bertz CT molecular complexity index is 1320. The van der Waals surface area contributed by atoms with Gasteiger partial charge in [-0.05, 0) is 24.6 Å². The van der Waals surface area contributed by atoms with Crippen LogP contribution in [0, 0.1) is 6.92 Å². The molecule has 9 heteroatoms. The second-order valence-corrected chi connectivity index (χ2v) is 8.02. The van der Waals surface area contributed by atoms with Gasteiger partial charge in [-0.1, -0.05) is 22.1 Å². The average molecular weight is 436 g/mol. The third-order valence-corrected chi connectivity index (χ3v) is 5.89. The molecule has 0 bridgehead atoms. The average Bonchev–Trinajstić information content (AvgIpc) is 3.19. The van der Waals surface area contributed by atoms with Gasteiger partial charge >= 0.3 is 5.78 Å². The molecule has 0 saturated carbocycles. The lowest BCUT2D eigenvalue weighted by atomic mass is 10.1. The van der Waals surface area contributed by atoms with Crippen molar-refractivity contribution in [2.24, 2.45) is 0 Å². The highest BCUT2D eigenvalue weighted by molar-refractivity contribution is 5.90. The molecule has 0 atom stereocenters. The molecule has 1 fully saturated rings. The Kier molecular flexibility index (Phi) is 5.59. The fourth-order valence-corrected chi connectivity index (χ4v) is 4.28. The summed E-state index contributed by atoms with van der Waals surface area (Å²) in [6, 6.07) is 9.59. The van der Waals surface area contributed by atoms with Crippen LogP contribution in [-0.2, 0) is 11.3 Å². The van der Waals surface area contributed by atoms with Crippen LogP contribution in [0.5, 0.6) is 5.75 Å². The predicted molar refractivity (Wildman–Crippen MR) is 120 cm³/mol. The van der Waals surface area contributed by atoms with E-state index in [0.29, 0.717) is 23.2 Å². The summed E-state index contributed by atoms with van der Waals surface area (Å²) in [4.78, 5) is 25.1. The first-order chi connectivity index (χ1) is 15.6. The van der Waals surface area contributed by atoms with Crippen molar-refractivity contribution in [2.45, 2.75) is 19.9 Å². The van der Waals surface area contributed by atoms with E-state index in [1.54, 1.807) is 16.2 Å². The van der Waals surface area contributed by atoms with E-state index in [4.69, 9.17) is 9.47 Å². The normalized spacial score (nSPS) is 14.9. The smallest absolute Gasteiger partial charge is 0.458 e. The highest BCUT2D eigenvalue weighted by Crippen LogP contribution is 2.25. The summed E-state index contributed by atoms with van der Waals surface area (Å²) in [5.74, 6) is 1.97. The molecule has 1 aromatic carbocycles. The van der Waals surface area contributed by atoms with E-state index in [9.17, 15) is 4.79 Å². The maximum absolute atomic E-state index is 13.6. The van der Waals surface area contributed by atoms with Crippen LogP contribution in [0.3, 0.4) is 0 Å². The summed E-state index contributed by atoms with van der Waals surface area (Å²) < 4.78 is 14.4. The maximum Gasteiger partial charge on any atom is 0.458 e. The second-order valence-electron chi connectivity index (χ2n) is 8.02. The monoisotopic (exact) mass is 435 g/mol. The van der Waals surface area contributed by atoms with Crippen molar-refractivity contribution in [1.82, 2.24) is 24.5 Å². The van der Waals surface area contributed by atoms with Gasteiger partial charge in [0.25, 0.3) is 5.56 Å². The number of ether oxygens (including phenoxy) is 2. The van der Waals surface area contributed by atoms with E-state index in [0.717, 1.165) is 62.1 Å². The number of aromatic nitrogens is 5. The predicted octanol–water partition coefficient (Wildman–Crippen LogP) is 1.56. The van der Waals surface area contributed by atoms with Gasteiger partial charge in [-0.2, -0.15) is 0 Å². The molecule has 4 aromatic rings. The molecule has 1 saturated heterocycles. The van der Waals surface area contributed by atoms with Crippen LogP contribution >= 0.6 is 0 Å². The summed E-state index contributed by atoms with van der Waals surface area (Å²) in [6.07, 6.45) is 2.73. The van der Waals surface area contributed by atoms with Crippen LogP contribution in [0.2, 0.25) is 0 Å². The number of benzene rings is 1. The standard InChI is InChI=1S/C23H26N6O3/c1-16-24-23-25-19-7-10-28(9-4-8-27-11-13-32-14-12-27)22(30)20(19)21(29(23)26-16)17-5-3-6-18(15-17)31-2/h3,5-7,10,15H,4,8-9,11-14H2,1-2H3/p+1. The van der Waals surface area contributed by atoms with Crippen LogP contribution < -0.4 is 14.8 Å². The molecule has 1 aliphatic rings. The summed E-state index contributed by atoms with van der Waals surface area (Å²) >= 11 is 0. The van der Waals surface area contributed by atoms with Gasteiger partial charge in [-0.3, -0.25) is 9.69 Å². The lowest BCUT2D eigenvalue weighted by Gasteiger charge is -2.26. The minimum Gasteiger partial charge on any atom is -0.497 e. The van der Waals surface area contributed by atoms with Gasteiger partial charge in [0.05, 0.1) is 20.3 Å². The molecular formula is C23H27N6O3+. The summed E-state index contributed by atoms with van der Waals surface area (Å²) in [5, 5.41) is 3.79. The van der Waals surface area contributed by atoms with Gasteiger partial charge in [0.15, 0.2) is 11.2 Å². The molecule has 3 aromatic heterocycles. The number of hydrogen-bond acceptors (Lipinski definition) is 6. The van der Waals surface area contributed by atoms with Crippen molar-refractivity contribution < 1.29 is 14.0 Å². The number of fused-ring (bicyclic) bond motifs is 2. The van der Waals surface area contributed by atoms with Gasteiger partial charge in [-0.15, -0.1) is 4.52 Å². The summed E-state index contributed by atoms with van der Waals surface area (Å²) in [5.41, 5.74) is 2.16. The Hall–Kier alpha value is -3.30. The fourth-order valence-electron chi connectivity index (χ4n) is 4.28. The van der Waals surface area contributed by atoms with Crippen LogP contribution in [-0.4, -0.2) is 64.5 Å². The van der Waals surface area contributed by atoms with E-state index >= 15 is 0 Å². The van der Waals surface area contributed by atoms with Gasteiger partial charge in [0.2, 0.25) is 5.82 Å². The molecule has 166 valence electrons. The maximum atomic E-state index is 13.6. The van der Waals surface area contributed by atoms with Crippen molar-refractivity contribution in [3.05, 3.63) is 52.7 Å². The minimum absolute atomic E-state index is 0.0588. The Morgan fingerprint density at radius 3 is 2.84 bits per heavy atom. The first-order valence-electron chi connectivity index (χ1n) is 10.9. The zero-order valence-electron chi connectivity index (χ0n) is 18.4. The molecule has 0 aliphatic carbocycles. The Morgan fingerprint density at radius 2 is 2.03 bits per heavy atom. The first kappa shape index (κ1) is 20.6. The van der Waals surface area contributed by atoms with Crippen molar-refractivity contribution in [3.8, 4) is 17.0 Å². The van der Waals surface area contributed by atoms with Crippen LogP contribution in [0.1, 0.15) is 12.2 Å². The van der Waals surface area contributed by atoms with Crippen molar-refractivity contribution in [2.75, 3.05) is 40.0 Å². The van der Waals surface area contributed by atoms with Crippen molar-refractivity contribution >= 4 is 16.7 Å². The van der Waals surface area contributed by atoms with Crippen LogP contribution in [0.15, 0.2) is 41.3 Å². The lowest BCUT2D eigenvalue weighted by Crippen LogP contribution is -2.37. The van der Waals surface area contributed by atoms with E-state index in [1.807, 2.05) is 43.5 Å². The number of morpholine rings is 1. The van der Waals surface area contributed by atoms with E-state index < -0.39 is 0 Å². The zero-order valence-corrected chi connectivity index (χ0v) is 18.4. The number of nitrogens with one attached hydrogen (secondary N) is 1. The number of hydrogen-bond donors (Lipinski definition) is 1. The van der Waals surface area contributed by atoms with Crippen LogP contribution in [0.4, 0.5) is 0 Å². The van der Waals surface area contributed by atoms with Gasteiger partial charge in [0, 0.05) is 44.9 Å².